The second-order valence-corrected chi connectivity index (χ2v) is 5.60. The van der Waals surface area contributed by atoms with Gasteiger partial charge in [0.1, 0.15) is 0 Å². The van der Waals surface area contributed by atoms with E-state index in [1.54, 1.807) is 0 Å². The van der Waals surface area contributed by atoms with E-state index in [2.05, 4.69) is 30.3 Å². The van der Waals surface area contributed by atoms with Crippen molar-refractivity contribution in [3.8, 4) is 0 Å². The Morgan fingerprint density at radius 3 is 2.77 bits per heavy atom. The first kappa shape index (κ1) is 16.3. The molecule has 116 valence electrons. The van der Waals surface area contributed by atoms with Crippen molar-refractivity contribution in [2.45, 2.75) is 39.0 Å². The molecule has 0 radical (unpaired) electrons. The van der Waals surface area contributed by atoms with E-state index in [-0.39, 0.29) is 11.9 Å². The molecule has 1 atom stereocenters. The van der Waals surface area contributed by atoms with E-state index < -0.39 is 0 Å². The summed E-state index contributed by atoms with van der Waals surface area (Å²) < 4.78 is 4.93. The van der Waals surface area contributed by atoms with E-state index in [9.17, 15) is 4.79 Å². The van der Waals surface area contributed by atoms with Crippen LogP contribution < -0.4 is 0 Å². The minimum atomic E-state index is -0.247. The van der Waals surface area contributed by atoms with Crippen molar-refractivity contribution < 1.29 is 9.53 Å². The first-order chi connectivity index (χ1) is 10.7. The third-order valence-corrected chi connectivity index (χ3v) is 4.25. The number of carbonyl (C=O) groups is 1. The highest BCUT2D eigenvalue weighted by atomic mass is 16.5. The van der Waals surface area contributed by atoms with Gasteiger partial charge in [0.05, 0.1) is 7.11 Å². The van der Waals surface area contributed by atoms with Crippen LogP contribution in [0, 0.1) is 0 Å². The molecule has 1 aromatic carbocycles. The summed E-state index contributed by atoms with van der Waals surface area (Å²) in [7, 11) is 1.44. The molecule has 0 spiro atoms. The first-order valence-corrected chi connectivity index (χ1v) is 7.85. The Morgan fingerprint density at radius 2 is 2.05 bits per heavy atom. The number of hydrogen-bond acceptors (Lipinski definition) is 2. The van der Waals surface area contributed by atoms with Gasteiger partial charge in [0.25, 0.3) is 0 Å². The third-order valence-electron chi connectivity index (χ3n) is 4.25. The fraction of sp³-hybridized carbons (Fsp3) is 0.350. The smallest absolute Gasteiger partial charge is 0.333 e. The van der Waals surface area contributed by atoms with Gasteiger partial charge in [-0.3, -0.25) is 0 Å². The molecule has 1 aromatic rings. The lowest BCUT2D eigenvalue weighted by Gasteiger charge is -2.27. The van der Waals surface area contributed by atoms with Crippen LogP contribution in [0.3, 0.4) is 0 Å². The average Bonchev–Trinajstić information content (AvgIpc) is 2.57. The van der Waals surface area contributed by atoms with Crippen LogP contribution in [-0.4, -0.2) is 13.1 Å². The zero-order chi connectivity index (χ0) is 15.9. The van der Waals surface area contributed by atoms with E-state index in [0.29, 0.717) is 5.57 Å². The maximum atomic E-state index is 12.0. The van der Waals surface area contributed by atoms with Gasteiger partial charge >= 0.3 is 5.97 Å². The van der Waals surface area contributed by atoms with Gasteiger partial charge in [0.2, 0.25) is 0 Å². The average molecular weight is 296 g/mol. The second kappa shape index (κ2) is 7.79. The van der Waals surface area contributed by atoms with Crippen molar-refractivity contribution in [2.75, 3.05) is 7.11 Å². The number of ether oxygens (including phenoxy) is 1. The summed E-state index contributed by atoms with van der Waals surface area (Å²) in [6.45, 7) is 3.84. The molecule has 1 aliphatic carbocycles. The molecule has 0 amide bonds. The van der Waals surface area contributed by atoms with Gasteiger partial charge in [-0.2, -0.15) is 0 Å². The number of rotatable bonds is 4. The largest absolute Gasteiger partial charge is 0.466 e. The number of aryl methyl sites for hydroxylation is 1. The predicted molar refractivity (Wildman–Crippen MR) is 90.8 cm³/mol. The topological polar surface area (TPSA) is 26.3 Å². The Morgan fingerprint density at radius 1 is 1.27 bits per heavy atom. The van der Waals surface area contributed by atoms with Crippen molar-refractivity contribution in [3.05, 3.63) is 70.8 Å². The van der Waals surface area contributed by atoms with Crippen LogP contribution in [0.1, 0.15) is 43.7 Å². The molecule has 0 heterocycles. The van der Waals surface area contributed by atoms with Crippen molar-refractivity contribution in [1.29, 1.82) is 0 Å². The molecule has 2 nitrogen and oxygen atoms in total. The van der Waals surface area contributed by atoms with Gasteiger partial charge in [-0.05, 0) is 49.8 Å². The highest BCUT2D eigenvalue weighted by Gasteiger charge is 2.25. The molecule has 0 saturated carbocycles. The Labute approximate surface area is 133 Å². The molecule has 2 rings (SSSR count). The maximum Gasteiger partial charge on any atom is 0.333 e. The number of allylic oxidation sites excluding steroid dienone is 5. The molecule has 0 aliphatic heterocycles. The third kappa shape index (κ3) is 3.56. The van der Waals surface area contributed by atoms with Crippen LogP contribution in [0.2, 0.25) is 0 Å². The Balaban J connectivity index is 2.49. The van der Waals surface area contributed by atoms with Crippen LogP contribution in [-0.2, 0) is 16.0 Å². The van der Waals surface area contributed by atoms with Crippen molar-refractivity contribution >= 4 is 5.97 Å². The van der Waals surface area contributed by atoms with Gasteiger partial charge in [-0.1, -0.05) is 48.6 Å². The minimum Gasteiger partial charge on any atom is -0.466 e. The van der Waals surface area contributed by atoms with E-state index >= 15 is 0 Å². The summed E-state index contributed by atoms with van der Waals surface area (Å²) in [5.41, 5.74) is 4.51. The number of methoxy groups -OCH3 is 1. The Kier molecular flexibility index (Phi) is 5.76. The number of hydrogen-bond donors (Lipinski definition) is 0. The summed E-state index contributed by atoms with van der Waals surface area (Å²) >= 11 is 0. The number of esters is 1. The molecule has 0 N–H and O–H groups in total. The normalized spacial score (nSPS) is 19.1. The van der Waals surface area contributed by atoms with Gasteiger partial charge in [-0.15, -0.1) is 0 Å². The minimum absolute atomic E-state index is 0.247. The quantitative estimate of drug-likeness (QED) is 0.456. The lowest BCUT2D eigenvalue weighted by molar-refractivity contribution is -0.136. The molecule has 22 heavy (non-hydrogen) atoms. The first-order valence-electron chi connectivity index (χ1n) is 7.85. The zero-order valence-electron chi connectivity index (χ0n) is 13.6. The molecule has 2 heteroatoms. The summed E-state index contributed by atoms with van der Waals surface area (Å²) in [6, 6.07) is 8.56. The molecule has 1 aliphatic rings. The fourth-order valence-corrected chi connectivity index (χ4v) is 3.12. The monoisotopic (exact) mass is 296 g/mol. The van der Waals surface area contributed by atoms with E-state index in [4.69, 9.17) is 4.74 Å². The zero-order valence-corrected chi connectivity index (χ0v) is 13.6. The molecule has 0 aromatic heterocycles. The molecular weight excluding hydrogens is 272 g/mol. The van der Waals surface area contributed by atoms with E-state index in [1.807, 2.05) is 32.1 Å². The summed E-state index contributed by atoms with van der Waals surface area (Å²) in [5, 5.41) is 0. The van der Waals surface area contributed by atoms with Gasteiger partial charge < -0.3 is 4.74 Å². The Hall–Kier alpha value is -2.09. The van der Waals surface area contributed by atoms with Gasteiger partial charge in [0.15, 0.2) is 0 Å². The molecular formula is C20H24O2. The fourth-order valence-electron chi connectivity index (χ4n) is 3.12. The highest BCUT2D eigenvalue weighted by Crippen LogP contribution is 2.38. The SMILES string of the molecule is CC=CC=CC(=C(C)C(=O)OC)C1CCCc2ccccc21. The lowest BCUT2D eigenvalue weighted by Crippen LogP contribution is -2.15. The van der Waals surface area contributed by atoms with Crippen molar-refractivity contribution in [1.82, 2.24) is 0 Å². The highest BCUT2D eigenvalue weighted by molar-refractivity contribution is 5.89. The van der Waals surface area contributed by atoms with Crippen molar-refractivity contribution in [2.24, 2.45) is 0 Å². The number of carbonyl (C=O) groups excluding carboxylic acids is 1. The van der Waals surface area contributed by atoms with E-state index in [1.165, 1.54) is 18.2 Å². The van der Waals surface area contributed by atoms with Crippen LogP contribution in [0.5, 0.6) is 0 Å². The van der Waals surface area contributed by atoms with Crippen LogP contribution in [0.4, 0.5) is 0 Å². The molecule has 0 fully saturated rings. The maximum absolute atomic E-state index is 12.0. The van der Waals surface area contributed by atoms with Crippen LogP contribution in [0.25, 0.3) is 0 Å². The van der Waals surface area contributed by atoms with Crippen molar-refractivity contribution in [3.63, 3.8) is 0 Å². The summed E-state index contributed by atoms with van der Waals surface area (Å²) in [4.78, 5) is 12.0. The van der Waals surface area contributed by atoms with Gasteiger partial charge in [-0.25, -0.2) is 4.79 Å². The second-order valence-electron chi connectivity index (χ2n) is 5.60. The van der Waals surface area contributed by atoms with Gasteiger partial charge in [0, 0.05) is 11.5 Å². The van der Waals surface area contributed by atoms with Crippen LogP contribution in [0.15, 0.2) is 59.7 Å². The van der Waals surface area contributed by atoms with E-state index in [0.717, 1.165) is 24.8 Å². The molecule has 0 bridgehead atoms. The lowest BCUT2D eigenvalue weighted by atomic mass is 9.77. The van der Waals surface area contributed by atoms with Crippen LogP contribution >= 0.6 is 0 Å². The Bertz CT molecular complexity index is 620. The molecule has 1 unspecified atom stereocenters. The summed E-state index contributed by atoms with van der Waals surface area (Å²) in [6.07, 6.45) is 11.4. The predicted octanol–water partition coefficient (Wildman–Crippen LogP) is 4.73. The number of benzene rings is 1. The standard InChI is InChI=1S/C20H24O2/c1-4-5-6-12-17(15(2)20(21)22-3)19-14-9-11-16-10-7-8-13-18(16)19/h4-8,10,12-13,19H,9,11,14H2,1-3H3. The molecule has 0 saturated heterocycles. The number of fused-ring (bicyclic) bond motifs is 1. The summed E-state index contributed by atoms with van der Waals surface area (Å²) in [5.74, 6) is 0.0220.